The number of nitrogens with zero attached hydrogens (tertiary/aromatic N) is 2. The number of pyridine rings is 1. The molecule has 2 N–H and O–H groups in total. The van der Waals surface area contributed by atoms with Crippen molar-refractivity contribution in [3.8, 4) is 5.75 Å². The zero-order chi connectivity index (χ0) is 22.5. The molecule has 1 aromatic heterocycles. The Bertz CT molecular complexity index is 1020. The third-order valence-electron chi connectivity index (χ3n) is 5.44. The predicted molar refractivity (Wildman–Crippen MR) is 129 cm³/mol. The highest BCUT2D eigenvalue weighted by molar-refractivity contribution is 8.93. The molecule has 0 saturated carbocycles. The van der Waals surface area contributed by atoms with Gasteiger partial charge in [0.25, 0.3) is 0 Å². The topological polar surface area (TPSA) is 104 Å². The quantitative estimate of drug-likeness (QED) is 0.456. The molecule has 1 aromatic carbocycles. The smallest absolute Gasteiger partial charge is 0.339 e. The molecule has 8 heteroatoms. The minimum atomic E-state index is -1.12. The predicted octanol–water partition coefficient (Wildman–Crippen LogP) is 4.69. The van der Waals surface area contributed by atoms with Gasteiger partial charge in [-0.3, -0.25) is 10.2 Å². The highest BCUT2D eigenvalue weighted by atomic mass is 79.9. The van der Waals surface area contributed by atoms with Crippen molar-refractivity contribution in [1.29, 1.82) is 5.41 Å². The molecule has 0 bridgehead atoms. The van der Waals surface area contributed by atoms with E-state index in [2.05, 4.69) is 11.9 Å². The molecule has 2 aromatic rings. The van der Waals surface area contributed by atoms with Crippen molar-refractivity contribution in [1.82, 2.24) is 9.88 Å². The third-order valence-corrected chi connectivity index (χ3v) is 5.44. The summed E-state index contributed by atoms with van der Waals surface area (Å²) in [5, 5.41) is 18.1. The second kappa shape index (κ2) is 11.2. The fourth-order valence-electron chi connectivity index (χ4n) is 3.77. The number of carboxylic acid groups (broad SMARTS) is 1. The number of carboxylic acids is 1. The maximum Gasteiger partial charge on any atom is 0.339 e. The number of ether oxygens (including phenoxy) is 1. The average molecular weight is 504 g/mol. The summed E-state index contributed by atoms with van der Waals surface area (Å²) in [6.07, 6.45) is 3.24. The van der Waals surface area contributed by atoms with E-state index >= 15 is 0 Å². The van der Waals surface area contributed by atoms with Gasteiger partial charge in [-0.15, -0.1) is 17.0 Å². The molecule has 32 heavy (non-hydrogen) atoms. The third kappa shape index (κ3) is 5.35. The number of unbranched alkanes of at least 4 members (excludes halogenated alkanes) is 1. The normalized spacial score (nSPS) is 12.3. The molecular weight excluding hydrogens is 474 g/mol. The van der Waals surface area contributed by atoms with Crippen molar-refractivity contribution < 1.29 is 19.4 Å². The summed E-state index contributed by atoms with van der Waals surface area (Å²) >= 11 is 0. The van der Waals surface area contributed by atoms with E-state index in [0.29, 0.717) is 36.6 Å². The Morgan fingerprint density at radius 1 is 1.22 bits per heavy atom. The summed E-state index contributed by atoms with van der Waals surface area (Å²) in [5.41, 5.74) is 3.53. The number of hydrogen-bond donors (Lipinski definition) is 2. The van der Waals surface area contributed by atoms with Gasteiger partial charge in [-0.25, -0.2) is 9.78 Å². The van der Waals surface area contributed by atoms with Crippen molar-refractivity contribution >= 4 is 34.6 Å². The number of rotatable bonds is 10. The fourth-order valence-corrected chi connectivity index (χ4v) is 3.77. The first-order valence-electron chi connectivity index (χ1n) is 10.8. The molecule has 1 aliphatic rings. The van der Waals surface area contributed by atoms with Gasteiger partial charge in [0.2, 0.25) is 0 Å². The van der Waals surface area contributed by atoms with Crippen molar-refractivity contribution in [3.05, 3.63) is 57.9 Å². The van der Waals surface area contributed by atoms with Gasteiger partial charge in [-0.05, 0) is 49.9 Å². The number of fused-ring (bicyclic) bond motifs is 1. The van der Waals surface area contributed by atoms with E-state index in [4.69, 9.17) is 10.1 Å². The first-order valence-corrected chi connectivity index (χ1v) is 10.8. The summed E-state index contributed by atoms with van der Waals surface area (Å²) in [5.74, 6) is -0.767. The molecule has 0 saturated heterocycles. The first-order chi connectivity index (χ1) is 14.9. The monoisotopic (exact) mass is 503 g/mol. The number of aromatic nitrogens is 1. The van der Waals surface area contributed by atoms with E-state index in [1.165, 1.54) is 6.07 Å². The van der Waals surface area contributed by atoms with Gasteiger partial charge in [0.15, 0.2) is 5.78 Å². The molecule has 0 amide bonds. The SMILES string of the molecule is Br.CCCCc1cc(C(=O)CN2Cc3ccc(CC)nc3C2=N)cc(C(=O)O)c1OCC. The Morgan fingerprint density at radius 2 is 1.97 bits per heavy atom. The number of aromatic carboxylic acids is 1. The summed E-state index contributed by atoms with van der Waals surface area (Å²) in [6, 6.07) is 7.05. The van der Waals surface area contributed by atoms with Gasteiger partial charge in [-0.1, -0.05) is 26.3 Å². The summed E-state index contributed by atoms with van der Waals surface area (Å²) < 4.78 is 5.63. The standard InChI is InChI=1S/C24H29N3O4.BrH/c1-4-7-8-15-11-17(12-19(24(29)30)22(15)31-6-3)20(28)14-27-13-16-9-10-18(5-2)26-21(16)23(27)25;/h9-12,25H,4-8,13-14H2,1-3H3,(H,29,30);1H. The minimum absolute atomic E-state index is 0. The van der Waals surface area contributed by atoms with Gasteiger partial charge in [0, 0.05) is 23.4 Å². The number of carbonyl (C=O) groups is 2. The number of halogens is 1. The molecule has 0 unspecified atom stereocenters. The van der Waals surface area contributed by atoms with Gasteiger partial charge in [0.1, 0.15) is 22.8 Å². The van der Waals surface area contributed by atoms with Crippen molar-refractivity contribution in [2.75, 3.05) is 13.2 Å². The van der Waals surface area contributed by atoms with Crippen LogP contribution in [-0.2, 0) is 19.4 Å². The minimum Gasteiger partial charge on any atom is -0.493 e. The molecule has 0 aliphatic carbocycles. The van der Waals surface area contributed by atoms with Crippen LogP contribution in [0.3, 0.4) is 0 Å². The van der Waals surface area contributed by atoms with Crippen LogP contribution in [0.5, 0.6) is 5.75 Å². The number of amidine groups is 1. The maximum atomic E-state index is 13.1. The fraction of sp³-hybridized carbons (Fsp3) is 0.417. The van der Waals surface area contributed by atoms with Crippen LogP contribution in [0.15, 0.2) is 24.3 Å². The number of nitrogens with one attached hydrogen (secondary N) is 1. The molecule has 172 valence electrons. The van der Waals surface area contributed by atoms with E-state index in [9.17, 15) is 14.7 Å². The summed E-state index contributed by atoms with van der Waals surface area (Å²) in [4.78, 5) is 31.2. The molecule has 0 fully saturated rings. The Morgan fingerprint density at radius 3 is 2.59 bits per heavy atom. The molecule has 3 rings (SSSR count). The van der Waals surface area contributed by atoms with E-state index in [0.717, 1.165) is 36.1 Å². The molecule has 2 heterocycles. The van der Waals surface area contributed by atoms with E-state index < -0.39 is 5.97 Å². The molecule has 0 radical (unpaired) electrons. The van der Waals surface area contributed by atoms with Crippen LogP contribution in [-0.4, -0.2) is 45.7 Å². The Kier molecular flexibility index (Phi) is 8.95. The average Bonchev–Trinajstić information content (AvgIpc) is 3.07. The van der Waals surface area contributed by atoms with Crippen LogP contribution in [0.25, 0.3) is 0 Å². The summed E-state index contributed by atoms with van der Waals surface area (Å²) in [6.45, 7) is 6.67. The molecule has 1 aliphatic heterocycles. The number of ketones is 1. The van der Waals surface area contributed by atoms with Crippen LogP contribution < -0.4 is 4.74 Å². The van der Waals surface area contributed by atoms with Crippen molar-refractivity contribution in [2.45, 2.75) is 53.0 Å². The lowest BCUT2D eigenvalue weighted by atomic mass is 9.97. The zero-order valence-electron chi connectivity index (χ0n) is 18.7. The van der Waals surface area contributed by atoms with Crippen LogP contribution in [0.2, 0.25) is 0 Å². The molecule has 7 nitrogen and oxygen atoms in total. The van der Waals surface area contributed by atoms with Crippen LogP contribution in [0.4, 0.5) is 0 Å². The lowest BCUT2D eigenvalue weighted by Crippen LogP contribution is -2.30. The van der Waals surface area contributed by atoms with Crippen LogP contribution >= 0.6 is 17.0 Å². The van der Waals surface area contributed by atoms with Gasteiger partial charge in [0.05, 0.1) is 13.2 Å². The Balaban J connectivity index is 0.00000363. The first kappa shape index (κ1) is 25.5. The number of benzene rings is 1. The number of carbonyl (C=O) groups excluding carboxylic acids is 1. The van der Waals surface area contributed by atoms with Crippen LogP contribution in [0.1, 0.15) is 76.8 Å². The lowest BCUT2D eigenvalue weighted by Gasteiger charge is -2.18. The zero-order valence-corrected chi connectivity index (χ0v) is 20.4. The van der Waals surface area contributed by atoms with Gasteiger partial charge >= 0.3 is 5.97 Å². The molecular formula is C24H30BrN3O4. The lowest BCUT2D eigenvalue weighted by molar-refractivity contribution is 0.0692. The highest BCUT2D eigenvalue weighted by Crippen LogP contribution is 2.29. The second-order valence-corrected chi connectivity index (χ2v) is 7.65. The second-order valence-electron chi connectivity index (χ2n) is 7.65. The number of Topliss-reactive ketones (excluding diaryl/α,β-unsaturated/α-hetero) is 1. The largest absolute Gasteiger partial charge is 0.493 e. The number of hydrogen-bond acceptors (Lipinski definition) is 5. The Labute approximate surface area is 199 Å². The van der Waals surface area contributed by atoms with E-state index in [1.807, 2.05) is 26.0 Å². The van der Waals surface area contributed by atoms with E-state index in [-0.39, 0.29) is 40.7 Å². The molecule has 0 spiro atoms. The van der Waals surface area contributed by atoms with Gasteiger partial charge < -0.3 is 14.7 Å². The van der Waals surface area contributed by atoms with Crippen molar-refractivity contribution in [2.24, 2.45) is 0 Å². The van der Waals surface area contributed by atoms with Crippen molar-refractivity contribution in [3.63, 3.8) is 0 Å². The highest BCUT2D eigenvalue weighted by Gasteiger charge is 2.28. The van der Waals surface area contributed by atoms with Crippen LogP contribution in [0, 0.1) is 5.41 Å². The Hall–Kier alpha value is -2.74. The van der Waals surface area contributed by atoms with E-state index in [1.54, 1.807) is 11.0 Å². The molecule has 0 atom stereocenters. The number of aryl methyl sites for hydroxylation is 2. The maximum absolute atomic E-state index is 13.1. The van der Waals surface area contributed by atoms with Gasteiger partial charge in [-0.2, -0.15) is 0 Å². The summed E-state index contributed by atoms with van der Waals surface area (Å²) in [7, 11) is 0.